The third-order valence-electron chi connectivity index (χ3n) is 3.91. The predicted molar refractivity (Wildman–Crippen MR) is 89.3 cm³/mol. The molecule has 3 amide bonds. The SMILES string of the molecule is CCNC(=O)N1CCOC(CN(Cc2ccco2)C(=O)C(C)C)C1. The molecule has 0 spiro atoms. The van der Waals surface area contributed by atoms with Crippen molar-refractivity contribution < 1.29 is 18.7 Å². The predicted octanol–water partition coefficient (Wildman–Crippen LogP) is 1.69. The largest absolute Gasteiger partial charge is 0.467 e. The Morgan fingerprint density at radius 1 is 1.46 bits per heavy atom. The number of nitrogens with one attached hydrogen (secondary N) is 1. The van der Waals surface area contributed by atoms with Crippen molar-refractivity contribution in [1.29, 1.82) is 0 Å². The van der Waals surface area contributed by atoms with Gasteiger partial charge in [-0.1, -0.05) is 13.8 Å². The first-order valence-corrected chi connectivity index (χ1v) is 8.46. The van der Waals surface area contributed by atoms with E-state index in [1.54, 1.807) is 22.1 Å². The lowest BCUT2D eigenvalue weighted by Gasteiger charge is -2.36. The van der Waals surface area contributed by atoms with Crippen molar-refractivity contribution >= 4 is 11.9 Å². The van der Waals surface area contributed by atoms with Crippen LogP contribution in [-0.4, -0.2) is 60.6 Å². The molecule has 0 aliphatic carbocycles. The Hall–Kier alpha value is -2.02. The van der Waals surface area contributed by atoms with E-state index in [9.17, 15) is 9.59 Å². The zero-order valence-electron chi connectivity index (χ0n) is 14.7. The van der Waals surface area contributed by atoms with Gasteiger partial charge in [0.05, 0.1) is 32.1 Å². The lowest BCUT2D eigenvalue weighted by Crippen LogP contribution is -2.53. The van der Waals surface area contributed by atoms with Crippen LogP contribution < -0.4 is 5.32 Å². The monoisotopic (exact) mass is 337 g/mol. The Kier molecular flexibility index (Phi) is 6.66. The van der Waals surface area contributed by atoms with Gasteiger partial charge in [0.25, 0.3) is 0 Å². The summed E-state index contributed by atoms with van der Waals surface area (Å²) in [4.78, 5) is 28.0. The highest BCUT2D eigenvalue weighted by molar-refractivity contribution is 5.78. The maximum absolute atomic E-state index is 12.5. The summed E-state index contributed by atoms with van der Waals surface area (Å²) in [6.45, 7) is 8.61. The summed E-state index contributed by atoms with van der Waals surface area (Å²) in [7, 11) is 0. The summed E-state index contributed by atoms with van der Waals surface area (Å²) in [5.41, 5.74) is 0. The van der Waals surface area contributed by atoms with Crippen LogP contribution in [0.5, 0.6) is 0 Å². The second-order valence-electron chi connectivity index (χ2n) is 6.23. The van der Waals surface area contributed by atoms with Crippen molar-refractivity contribution in [1.82, 2.24) is 15.1 Å². The summed E-state index contributed by atoms with van der Waals surface area (Å²) < 4.78 is 11.1. The second kappa shape index (κ2) is 8.73. The number of nitrogens with zero attached hydrogens (tertiary/aromatic N) is 2. The molecule has 0 saturated carbocycles. The third kappa shape index (κ3) is 4.99. The summed E-state index contributed by atoms with van der Waals surface area (Å²) in [5, 5.41) is 2.80. The van der Waals surface area contributed by atoms with E-state index in [0.717, 1.165) is 5.76 Å². The van der Waals surface area contributed by atoms with Gasteiger partial charge in [-0.25, -0.2) is 4.79 Å². The van der Waals surface area contributed by atoms with E-state index in [1.165, 1.54) is 0 Å². The molecule has 1 saturated heterocycles. The fourth-order valence-electron chi connectivity index (χ4n) is 2.71. The van der Waals surface area contributed by atoms with Crippen molar-refractivity contribution in [3.05, 3.63) is 24.2 Å². The second-order valence-corrected chi connectivity index (χ2v) is 6.23. The van der Waals surface area contributed by atoms with Crippen LogP contribution in [0.15, 0.2) is 22.8 Å². The van der Waals surface area contributed by atoms with Crippen LogP contribution in [0.3, 0.4) is 0 Å². The molecular formula is C17H27N3O4. The molecule has 134 valence electrons. The molecular weight excluding hydrogens is 310 g/mol. The Bertz CT molecular complexity index is 530. The Labute approximate surface area is 142 Å². The topological polar surface area (TPSA) is 75.0 Å². The molecule has 0 aromatic carbocycles. The highest BCUT2D eigenvalue weighted by Crippen LogP contribution is 2.14. The summed E-state index contributed by atoms with van der Waals surface area (Å²) in [6.07, 6.45) is 1.40. The number of hydrogen-bond acceptors (Lipinski definition) is 4. The molecule has 0 radical (unpaired) electrons. The molecule has 1 aliphatic rings. The zero-order valence-corrected chi connectivity index (χ0v) is 14.7. The van der Waals surface area contributed by atoms with Crippen LogP contribution in [0.25, 0.3) is 0 Å². The van der Waals surface area contributed by atoms with Gasteiger partial charge in [0.2, 0.25) is 5.91 Å². The van der Waals surface area contributed by atoms with Gasteiger partial charge in [0, 0.05) is 25.6 Å². The fraction of sp³-hybridized carbons (Fsp3) is 0.647. The standard InChI is InChI=1S/C17H27N3O4/c1-4-18-17(22)19-7-9-24-15(11-19)12-20(16(21)13(2)3)10-14-6-5-8-23-14/h5-6,8,13,15H,4,7,9-12H2,1-3H3,(H,18,22). The van der Waals surface area contributed by atoms with Crippen LogP contribution in [-0.2, 0) is 16.1 Å². The van der Waals surface area contributed by atoms with Crippen LogP contribution in [0.4, 0.5) is 4.79 Å². The fourth-order valence-corrected chi connectivity index (χ4v) is 2.71. The van der Waals surface area contributed by atoms with Crippen molar-refractivity contribution in [2.24, 2.45) is 5.92 Å². The van der Waals surface area contributed by atoms with E-state index >= 15 is 0 Å². The van der Waals surface area contributed by atoms with E-state index in [1.807, 2.05) is 26.8 Å². The number of furan rings is 1. The quantitative estimate of drug-likeness (QED) is 0.857. The minimum atomic E-state index is -0.195. The number of morpholine rings is 1. The minimum absolute atomic E-state index is 0.0464. The average Bonchev–Trinajstić information content (AvgIpc) is 3.07. The molecule has 24 heavy (non-hydrogen) atoms. The smallest absolute Gasteiger partial charge is 0.317 e. The molecule has 1 aromatic heterocycles. The molecule has 0 bridgehead atoms. The lowest BCUT2D eigenvalue weighted by molar-refractivity contribution is -0.138. The van der Waals surface area contributed by atoms with Gasteiger partial charge in [-0.15, -0.1) is 0 Å². The van der Waals surface area contributed by atoms with Crippen molar-refractivity contribution in [3.63, 3.8) is 0 Å². The highest BCUT2D eigenvalue weighted by Gasteiger charge is 2.28. The van der Waals surface area contributed by atoms with E-state index in [2.05, 4.69) is 5.32 Å². The van der Waals surface area contributed by atoms with E-state index in [-0.39, 0.29) is 24.0 Å². The molecule has 1 unspecified atom stereocenters. The Morgan fingerprint density at radius 3 is 2.88 bits per heavy atom. The third-order valence-corrected chi connectivity index (χ3v) is 3.91. The van der Waals surface area contributed by atoms with Crippen LogP contribution in [0.1, 0.15) is 26.5 Å². The van der Waals surface area contributed by atoms with Crippen molar-refractivity contribution in [2.45, 2.75) is 33.4 Å². The highest BCUT2D eigenvalue weighted by atomic mass is 16.5. The van der Waals surface area contributed by atoms with Gasteiger partial charge in [0.15, 0.2) is 0 Å². The number of carbonyl (C=O) groups is 2. The number of amides is 3. The summed E-state index contributed by atoms with van der Waals surface area (Å²) >= 11 is 0. The average molecular weight is 337 g/mol. The summed E-state index contributed by atoms with van der Waals surface area (Å²) in [5.74, 6) is 0.675. The van der Waals surface area contributed by atoms with E-state index < -0.39 is 0 Å². The van der Waals surface area contributed by atoms with Crippen molar-refractivity contribution in [3.8, 4) is 0 Å². The maximum atomic E-state index is 12.5. The van der Waals surface area contributed by atoms with E-state index in [4.69, 9.17) is 9.15 Å². The first-order valence-electron chi connectivity index (χ1n) is 8.46. The van der Waals surface area contributed by atoms with Crippen LogP contribution >= 0.6 is 0 Å². The molecule has 2 heterocycles. The number of carbonyl (C=O) groups excluding carboxylic acids is 2. The van der Waals surface area contributed by atoms with E-state index in [0.29, 0.717) is 39.3 Å². The number of urea groups is 1. The molecule has 7 nitrogen and oxygen atoms in total. The molecule has 1 N–H and O–H groups in total. The normalized spacial score (nSPS) is 17.8. The van der Waals surface area contributed by atoms with Gasteiger partial charge in [-0.05, 0) is 19.1 Å². The first kappa shape index (κ1) is 18.3. The molecule has 1 aromatic rings. The van der Waals surface area contributed by atoms with Gasteiger partial charge >= 0.3 is 6.03 Å². The minimum Gasteiger partial charge on any atom is -0.467 e. The lowest BCUT2D eigenvalue weighted by atomic mass is 10.1. The number of rotatable bonds is 6. The molecule has 1 fully saturated rings. The summed E-state index contributed by atoms with van der Waals surface area (Å²) in [6, 6.07) is 3.57. The first-order chi connectivity index (χ1) is 11.5. The number of hydrogen-bond donors (Lipinski definition) is 1. The maximum Gasteiger partial charge on any atom is 0.317 e. The Morgan fingerprint density at radius 2 is 2.25 bits per heavy atom. The molecule has 7 heteroatoms. The van der Waals surface area contributed by atoms with Crippen LogP contribution in [0, 0.1) is 5.92 Å². The van der Waals surface area contributed by atoms with Gasteiger partial charge in [-0.3, -0.25) is 4.79 Å². The van der Waals surface area contributed by atoms with Gasteiger partial charge in [-0.2, -0.15) is 0 Å². The number of ether oxygens (including phenoxy) is 1. The molecule has 1 atom stereocenters. The zero-order chi connectivity index (χ0) is 17.5. The van der Waals surface area contributed by atoms with Gasteiger partial charge in [0.1, 0.15) is 5.76 Å². The van der Waals surface area contributed by atoms with Crippen molar-refractivity contribution in [2.75, 3.05) is 32.8 Å². The van der Waals surface area contributed by atoms with Gasteiger partial charge < -0.3 is 24.3 Å². The molecule has 2 rings (SSSR count). The molecule has 1 aliphatic heterocycles. The van der Waals surface area contributed by atoms with Crippen LogP contribution in [0.2, 0.25) is 0 Å². The Balaban J connectivity index is 1.99.